The van der Waals surface area contributed by atoms with Crippen molar-refractivity contribution in [2.75, 3.05) is 38.4 Å². The van der Waals surface area contributed by atoms with Gasteiger partial charge in [-0.3, -0.25) is 0 Å². The van der Waals surface area contributed by atoms with Crippen molar-refractivity contribution in [1.29, 1.82) is 0 Å². The lowest BCUT2D eigenvalue weighted by molar-refractivity contribution is -0.108. The van der Waals surface area contributed by atoms with Crippen molar-refractivity contribution < 1.29 is 9.47 Å². The summed E-state index contributed by atoms with van der Waals surface area (Å²) >= 11 is 2.09. The van der Waals surface area contributed by atoms with Gasteiger partial charge in [0.25, 0.3) is 0 Å². The molecule has 2 aliphatic heterocycles. The molecule has 2 fully saturated rings. The highest BCUT2D eigenvalue weighted by Gasteiger charge is 2.40. The lowest BCUT2D eigenvalue weighted by atomic mass is 9.76. The molecule has 0 amide bonds. The Morgan fingerprint density at radius 1 is 1.38 bits per heavy atom. The Labute approximate surface area is 134 Å². The molecule has 2 saturated heterocycles. The number of hydrogen-bond acceptors (Lipinski definition) is 4. The molecular formula is C17H33NO2S. The summed E-state index contributed by atoms with van der Waals surface area (Å²) in [5.74, 6) is 3.94. The summed E-state index contributed by atoms with van der Waals surface area (Å²) in [5, 5.41) is 3.75. The molecule has 1 N–H and O–H groups in total. The van der Waals surface area contributed by atoms with E-state index in [1.54, 1.807) is 0 Å². The molecule has 21 heavy (non-hydrogen) atoms. The van der Waals surface area contributed by atoms with Crippen molar-refractivity contribution in [3.63, 3.8) is 0 Å². The van der Waals surface area contributed by atoms with Gasteiger partial charge in [0.2, 0.25) is 0 Å². The van der Waals surface area contributed by atoms with Gasteiger partial charge < -0.3 is 14.8 Å². The third-order valence-corrected chi connectivity index (χ3v) is 6.06. The maximum Gasteiger partial charge on any atom is 0.0701 e. The zero-order chi connectivity index (χ0) is 15.1. The Balaban J connectivity index is 1.94. The Hall–Kier alpha value is 0.230. The van der Waals surface area contributed by atoms with Crippen LogP contribution in [0.25, 0.3) is 0 Å². The van der Waals surface area contributed by atoms with Crippen molar-refractivity contribution in [1.82, 2.24) is 5.32 Å². The number of nitrogens with one attached hydrogen (secondary N) is 1. The molecule has 1 spiro atoms. The van der Waals surface area contributed by atoms with Gasteiger partial charge in [-0.2, -0.15) is 11.8 Å². The van der Waals surface area contributed by atoms with E-state index in [0.717, 1.165) is 25.7 Å². The third kappa shape index (κ3) is 5.12. The zero-order valence-corrected chi connectivity index (χ0v) is 14.8. The number of rotatable bonds is 7. The van der Waals surface area contributed by atoms with Gasteiger partial charge in [-0.15, -0.1) is 0 Å². The van der Waals surface area contributed by atoms with Gasteiger partial charge in [-0.1, -0.05) is 13.8 Å². The van der Waals surface area contributed by atoms with Crippen LogP contribution in [0.1, 0.15) is 46.0 Å². The third-order valence-electron chi connectivity index (χ3n) is 5.08. The molecule has 3 unspecified atom stereocenters. The summed E-state index contributed by atoms with van der Waals surface area (Å²) in [6, 6.07) is 0.621. The molecule has 0 saturated carbocycles. The molecule has 2 rings (SSSR count). The molecule has 0 aliphatic carbocycles. The fourth-order valence-electron chi connectivity index (χ4n) is 3.99. The largest absolute Gasteiger partial charge is 0.384 e. The number of methoxy groups -OCH3 is 1. The van der Waals surface area contributed by atoms with Crippen LogP contribution >= 0.6 is 11.8 Å². The van der Waals surface area contributed by atoms with Crippen molar-refractivity contribution >= 4 is 11.8 Å². The van der Waals surface area contributed by atoms with E-state index in [9.17, 15) is 0 Å². The average Bonchev–Trinajstić information content (AvgIpc) is 2.48. The lowest BCUT2D eigenvalue weighted by Gasteiger charge is -2.45. The second-order valence-electron chi connectivity index (χ2n) is 6.86. The standard InChI is InChI=1S/C17H33NO2S/c1-4-18-16(11-14(2)13-19-3)15-5-8-20-17(12-15)6-9-21-10-7-17/h14-16,18H,4-13H2,1-3H3. The first kappa shape index (κ1) is 17.6. The van der Waals surface area contributed by atoms with Crippen LogP contribution in [-0.4, -0.2) is 50.0 Å². The summed E-state index contributed by atoms with van der Waals surface area (Å²) in [6.07, 6.45) is 6.19. The maximum absolute atomic E-state index is 6.25. The van der Waals surface area contributed by atoms with Crippen molar-refractivity contribution in [2.24, 2.45) is 11.8 Å². The summed E-state index contributed by atoms with van der Waals surface area (Å²) in [6.45, 7) is 7.41. The number of hydrogen-bond donors (Lipinski definition) is 1. The van der Waals surface area contributed by atoms with Gasteiger partial charge in [0.05, 0.1) is 5.60 Å². The van der Waals surface area contributed by atoms with Crippen molar-refractivity contribution in [2.45, 2.75) is 57.6 Å². The zero-order valence-electron chi connectivity index (χ0n) is 14.0. The Bertz CT molecular complexity index is 289. The van der Waals surface area contributed by atoms with Gasteiger partial charge in [-0.05, 0) is 62.0 Å². The summed E-state index contributed by atoms with van der Waals surface area (Å²) in [4.78, 5) is 0. The molecule has 0 radical (unpaired) electrons. The van der Waals surface area contributed by atoms with Gasteiger partial charge >= 0.3 is 0 Å². The average molecular weight is 316 g/mol. The maximum atomic E-state index is 6.25. The number of thioether (sulfide) groups is 1. The van der Waals surface area contributed by atoms with Gasteiger partial charge in [-0.25, -0.2) is 0 Å². The summed E-state index contributed by atoms with van der Waals surface area (Å²) in [7, 11) is 1.81. The van der Waals surface area contributed by atoms with Crippen LogP contribution in [0, 0.1) is 11.8 Å². The molecule has 0 aromatic rings. The molecule has 2 aliphatic rings. The van der Waals surface area contributed by atoms with Crippen LogP contribution in [0.2, 0.25) is 0 Å². The van der Waals surface area contributed by atoms with Crippen LogP contribution in [0.4, 0.5) is 0 Å². The molecular weight excluding hydrogens is 282 g/mol. The first-order valence-electron chi connectivity index (χ1n) is 8.63. The summed E-state index contributed by atoms with van der Waals surface area (Å²) < 4.78 is 11.6. The Morgan fingerprint density at radius 2 is 2.14 bits per heavy atom. The molecule has 2 heterocycles. The SMILES string of the molecule is CCNC(CC(C)COC)C1CCOC2(CCSCC2)C1. The molecule has 4 heteroatoms. The topological polar surface area (TPSA) is 30.5 Å². The van der Waals surface area contributed by atoms with E-state index in [1.807, 2.05) is 7.11 Å². The highest BCUT2D eigenvalue weighted by Crippen LogP contribution is 2.41. The second-order valence-corrected chi connectivity index (χ2v) is 8.08. The van der Waals surface area contributed by atoms with Crippen LogP contribution in [-0.2, 0) is 9.47 Å². The van der Waals surface area contributed by atoms with Gasteiger partial charge in [0.15, 0.2) is 0 Å². The second kappa shape index (κ2) is 8.76. The minimum atomic E-state index is 0.201. The molecule has 124 valence electrons. The molecule has 3 nitrogen and oxygen atoms in total. The Kier molecular flexibility index (Phi) is 7.33. The van der Waals surface area contributed by atoms with Gasteiger partial charge in [0, 0.05) is 26.4 Å². The smallest absolute Gasteiger partial charge is 0.0701 e. The molecule has 0 bridgehead atoms. The van der Waals surface area contributed by atoms with E-state index in [-0.39, 0.29) is 5.60 Å². The Morgan fingerprint density at radius 3 is 2.81 bits per heavy atom. The first-order valence-corrected chi connectivity index (χ1v) is 9.78. The molecule has 3 atom stereocenters. The van der Waals surface area contributed by atoms with Crippen LogP contribution in [0.3, 0.4) is 0 Å². The highest BCUT2D eigenvalue weighted by molar-refractivity contribution is 7.99. The van der Waals surface area contributed by atoms with Crippen molar-refractivity contribution in [3.05, 3.63) is 0 Å². The highest BCUT2D eigenvalue weighted by atomic mass is 32.2. The number of ether oxygens (including phenoxy) is 2. The minimum absolute atomic E-state index is 0.201. The molecule has 0 aromatic carbocycles. The van der Waals surface area contributed by atoms with Crippen molar-refractivity contribution in [3.8, 4) is 0 Å². The molecule has 0 aromatic heterocycles. The van der Waals surface area contributed by atoms with Gasteiger partial charge in [0.1, 0.15) is 0 Å². The van der Waals surface area contributed by atoms with E-state index in [0.29, 0.717) is 12.0 Å². The summed E-state index contributed by atoms with van der Waals surface area (Å²) in [5.41, 5.74) is 0.201. The lowest BCUT2D eigenvalue weighted by Crippen LogP contribution is -2.49. The fourth-order valence-corrected chi connectivity index (χ4v) is 5.23. The fraction of sp³-hybridized carbons (Fsp3) is 1.00. The predicted octanol–water partition coefficient (Wildman–Crippen LogP) is 3.33. The van der Waals surface area contributed by atoms with E-state index < -0.39 is 0 Å². The van der Waals surface area contributed by atoms with E-state index in [4.69, 9.17) is 9.47 Å². The van der Waals surface area contributed by atoms with E-state index in [2.05, 4.69) is 30.9 Å². The van der Waals surface area contributed by atoms with Crippen LogP contribution in [0.15, 0.2) is 0 Å². The normalized spacial score (nSPS) is 28.4. The van der Waals surface area contributed by atoms with Crippen LogP contribution < -0.4 is 5.32 Å². The first-order chi connectivity index (χ1) is 10.2. The van der Waals surface area contributed by atoms with Crippen LogP contribution in [0.5, 0.6) is 0 Å². The monoisotopic (exact) mass is 315 g/mol. The predicted molar refractivity (Wildman–Crippen MR) is 91.1 cm³/mol. The minimum Gasteiger partial charge on any atom is -0.384 e. The van der Waals surface area contributed by atoms with E-state index >= 15 is 0 Å². The van der Waals surface area contributed by atoms with E-state index in [1.165, 1.54) is 43.6 Å². The quantitative estimate of drug-likeness (QED) is 0.780.